The zero-order valence-corrected chi connectivity index (χ0v) is 24.2. The van der Waals surface area contributed by atoms with Crippen LogP contribution in [0.4, 0.5) is 0 Å². The number of thiophene rings is 1. The van der Waals surface area contributed by atoms with Crippen molar-refractivity contribution in [3.05, 3.63) is 53.7 Å². The Morgan fingerprint density at radius 1 is 0.595 bits per heavy atom. The van der Waals surface area contributed by atoms with E-state index in [0.29, 0.717) is 0 Å². The lowest BCUT2D eigenvalue weighted by atomic mass is 10.1. The minimum Gasteiger partial charge on any atom is -0.494 e. The molecule has 0 amide bonds. The normalized spacial score (nSPS) is 11.2. The maximum atomic E-state index is 5.89. The average molecular weight is 521 g/mol. The van der Waals surface area contributed by atoms with Crippen LogP contribution in [0, 0.1) is 0 Å². The molecule has 0 radical (unpaired) electrons. The fourth-order valence-corrected chi connectivity index (χ4v) is 5.68. The highest BCUT2D eigenvalue weighted by atomic mass is 32.1. The predicted octanol–water partition coefficient (Wildman–Crippen LogP) is 10.7. The van der Waals surface area contributed by atoms with Gasteiger partial charge in [0.2, 0.25) is 0 Å². The van der Waals surface area contributed by atoms with Gasteiger partial charge in [0.05, 0.1) is 6.61 Å². The molecule has 202 valence electrons. The van der Waals surface area contributed by atoms with Gasteiger partial charge in [-0.2, -0.15) is 0 Å². The summed E-state index contributed by atoms with van der Waals surface area (Å²) in [5.74, 6) is 1.68. The summed E-state index contributed by atoms with van der Waals surface area (Å²) < 4.78 is 5.89. The Morgan fingerprint density at radius 3 is 1.78 bits per heavy atom. The van der Waals surface area contributed by atoms with Gasteiger partial charge in [-0.3, -0.25) is 0 Å². The van der Waals surface area contributed by atoms with Crippen LogP contribution < -0.4 is 4.74 Å². The highest BCUT2D eigenvalue weighted by Crippen LogP contribution is 2.29. The SMILES string of the molecule is CCCCCCCCCCCCc1ccc(-c2cnc(-c3ccc(OCCCCCCC)cc3)nc2)s1. The minimum absolute atomic E-state index is 0.761. The van der Waals surface area contributed by atoms with Gasteiger partial charge < -0.3 is 4.74 Å². The van der Waals surface area contributed by atoms with Crippen molar-refractivity contribution in [2.24, 2.45) is 0 Å². The van der Waals surface area contributed by atoms with Crippen LogP contribution in [0.2, 0.25) is 0 Å². The van der Waals surface area contributed by atoms with Crippen LogP contribution in [0.3, 0.4) is 0 Å². The van der Waals surface area contributed by atoms with Crippen LogP contribution >= 0.6 is 11.3 Å². The monoisotopic (exact) mass is 520 g/mol. The smallest absolute Gasteiger partial charge is 0.159 e. The molecule has 0 saturated heterocycles. The molecule has 2 aromatic heterocycles. The van der Waals surface area contributed by atoms with Gasteiger partial charge in [-0.1, -0.05) is 97.3 Å². The molecular weight excluding hydrogens is 472 g/mol. The fraction of sp³-hybridized carbons (Fsp3) is 0.576. The molecule has 0 aliphatic carbocycles. The second-order valence-electron chi connectivity index (χ2n) is 10.3. The number of hydrogen-bond acceptors (Lipinski definition) is 4. The molecule has 0 atom stereocenters. The summed E-state index contributed by atoms with van der Waals surface area (Å²) in [4.78, 5) is 12.0. The number of rotatable bonds is 20. The van der Waals surface area contributed by atoms with E-state index < -0.39 is 0 Å². The molecule has 3 rings (SSSR count). The summed E-state index contributed by atoms with van der Waals surface area (Å²) in [6, 6.07) is 12.7. The molecule has 0 bridgehead atoms. The molecule has 3 nitrogen and oxygen atoms in total. The standard InChI is InChI=1S/C33H48N2OS/c1-3-5-7-9-10-11-12-13-14-16-18-31-23-24-32(37-31)29-26-34-33(35-27-29)28-19-21-30(22-20-28)36-25-17-15-8-6-4-2/h19-24,26-27H,3-18,25H2,1-2H3. The summed E-state index contributed by atoms with van der Waals surface area (Å²) in [5.41, 5.74) is 2.13. The minimum atomic E-state index is 0.761. The highest BCUT2D eigenvalue weighted by Gasteiger charge is 2.07. The maximum absolute atomic E-state index is 5.89. The third kappa shape index (κ3) is 11.4. The zero-order valence-electron chi connectivity index (χ0n) is 23.4. The molecule has 0 fully saturated rings. The first-order chi connectivity index (χ1) is 18.3. The largest absolute Gasteiger partial charge is 0.494 e. The van der Waals surface area contributed by atoms with E-state index in [2.05, 4.69) is 48.1 Å². The van der Waals surface area contributed by atoms with Gasteiger partial charge in [-0.15, -0.1) is 11.3 Å². The van der Waals surface area contributed by atoms with Crippen LogP contribution in [0.1, 0.15) is 115 Å². The average Bonchev–Trinajstić information content (AvgIpc) is 3.41. The lowest BCUT2D eigenvalue weighted by Crippen LogP contribution is -1.97. The maximum Gasteiger partial charge on any atom is 0.159 e. The second kappa shape index (κ2) is 18.1. The Bertz CT molecular complexity index is 965. The molecule has 0 unspecified atom stereocenters. The number of ether oxygens (including phenoxy) is 1. The van der Waals surface area contributed by atoms with Crippen molar-refractivity contribution in [2.75, 3.05) is 6.61 Å². The molecule has 0 saturated carbocycles. The highest BCUT2D eigenvalue weighted by molar-refractivity contribution is 7.15. The summed E-state index contributed by atoms with van der Waals surface area (Å²) in [6.45, 7) is 5.32. The third-order valence-electron chi connectivity index (χ3n) is 7.00. The molecular formula is C33H48N2OS. The Morgan fingerprint density at radius 2 is 1.16 bits per heavy atom. The van der Waals surface area contributed by atoms with Gasteiger partial charge in [0, 0.05) is 33.3 Å². The molecule has 2 heterocycles. The zero-order chi connectivity index (χ0) is 26.0. The molecule has 3 aromatic rings. The Balaban J connectivity index is 1.36. The molecule has 1 aromatic carbocycles. The number of hydrogen-bond donors (Lipinski definition) is 0. The van der Waals surface area contributed by atoms with E-state index in [9.17, 15) is 0 Å². The molecule has 0 aliphatic heterocycles. The van der Waals surface area contributed by atoms with Crippen molar-refractivity contribution in [3.8, 4) is 27.6 Å². The molecule has 0 spiro atoms. The van der Waals surface area contributed by atoms with Gasteiger partial charge >= 0.3 is 0 Å². The first-order valence-corrected chi connectivity index (χ1v) is 15.8. The Hall–Kier alpha value is -2.20. The van der Waals surface area contributed by atoms with Crippen molar-refractivity contribution < 1.29 is 4.74 Å². The quantitative estimate of drug-likeness (QED) is 0.139. The van der Waals surface area contributed by atoms with Crippen LogP contribution in [0.15, 0.2) is 48.8 Å². The van der Waals surface area contributed by atoms with Crippen molar-refractivity contribution in [1.29, 1.82) is 0 Å². The summed E-state index contributed by atoms with van der Waals surface area (Å²) in [7, 11) is 0. The van der Waals surface area contributed by atoms with Crippen molar-refractivity contribution in [3.63, 3.8) is 0 Å². The van der Waals surface area contributed by atoms with E-state index in [1.165, 1.54) is 106 Å². The van der Waals surface area contributed by atoms with Crippen LogP contribution in [0.25, 0.3) is 21.8 Å². The van der Waals surface area contributed by atoms with E-state index >= 15 is 0 Å². The van der Waals surface area contributed by atoms with Gasteiger partial charge in [-0.05, 0) is 55.7 Å². The fourth-order valence-electron chi connectivity index (χ4n) is 4.65. The first kappa shape index (κ1) is 29.4. The number of nitrogens with zero attached hydrogens (tertiary/aromatic N) is 2. The Labute approximate surface area is 230 Å². The van der Waals surface area contributed by atoms with Crippen LogP contribution in [0.5, 0.6) is 5.75 Å². The molecule has 0 aliphatic rings. The lowest BCUT2D eigenvalue weighted by Gasteiger charge is -2.07. The molecule has 4 heteroatoms. The number of aromatic nitrogens is 2. The van der Waals surface area contributed by atoms with E-state index in [-0.39, 0.29) is 0 Å². The van der Waals surface area contributed by atoms with Crippen molar-refractivity contribution in [2.45, 2.75) is 117 Å². The van der Waals surface area contributed by atoms with E-state index in [0.717, 1.165) is 35.7 Å². The molecule has 0 N–H and O–H groups in total. The van der Waals surface area contributed by atoms with Crippen LogP contribution in [-0.4, -0.2) is 16.6 Å². The van der Waals surface area contributed by atoms with Gasteiger partial charge in [0.15, 0.2) is 5.82 Å². The number of aryl methyl sites for hydroxylation is 1. The van der Waals surface area contributed by atoms with Crippen molar-refractivity contribution in [1.82, 2.24) is 9.97 Å². The van der Waals surface area contributed by atoms with Crippen LogP contribution in [-0.2, 0) is 6.42 Å². The topological polar surface area (TPSA) is 35.0 Å². The van der Waals surface area contributed by atoms with Gasteiger partial charge in [0.25, 0.3) is 0 Å². The lowest BCUT2D eigenvalue weighted by molar-refractivity contribution is 0.304. The van der Waals surface area contributed by atoms with E-state index in [1.807, 2.05) is 35.9 Å². The van der Waals surface area contributed by atoms with Gasteiger partial charge in [0.1, 0.15) is 5.75 Å². The third-order valence-corrected chi connectivity index (χ3v) is 8.20. The summed E-state index contributed by atoms with van der Waals surface area (Å²) in [5, 5.41) is 0. The summed E-state index contributed by atoms with van der Waals surface area (Å²) >= 11 is 1.89. The Kier molecular flexibility index (Phi) is 14.4. The second-order valence-corrected chi connectivity index (χ2v) is 11.4. The first-order valence-electron chi connectivity index (χ1n) is 14.9. The number of unbranched alkanes of at least 4 members (excludes halogenated alkanes) is 13. The predicted molar refractivity (Wildman–Crippen MR) is 161 cm³/mol. The number of benzene rings is 1. The van der Waals surface area contributed by atoms with E-state index in [4.69, 9.17) is 4.74 Å². The molecule has 37 heavy (non-hydrogen) atoms. The van der Waals surface area contributed by atoms with Gasteiger partial charge in [-0.25, -0.2) is 9.97 Å². The summed E-state index contributed by atoms with van der Waals surface area (Å²) in [6.07, 6.45) is 25.2. The van der Waals surface area contributed by atoms with E-state index in [1.54, 1.807) is 0 Å². The van der Waals surface area contributed by atoms with Crippen molar-refractivity contribution >= 4 is 11.3 Å².